The van der Waals surface area contributed by atoms with Crippen molar-refractivity contribution >= 4 is 0 Å². The Bertz CT molecular complexity index is 417. The van der Waals surface area contributed by atoms with Gasteiger partial charge in [0, 0.05) is 12.0 Å². The third kappa shape index (κ3) is 3.74. The molecular weight excluding hydrogens is 250 g/mol. The fraction of sp³-hybridized carbons (Fsp3) is 0.647. The number of aliphatic hydroxyl groups excluding tert-OH is 1. The molecule has 1 fully saturated rings. The zero-order valence-electron chi connectivity index (χ0n) is 12.7. The first-order chi connectivity index (χ1) is 9.71. The SMILES string of the molecule is CCNC1(CO)CCCC(Oc2cccc(CC)c2)C1. The van der Waals surface area contributed by atoms with Gasteiger partial charge in [-0.2, -0.15) is 0 Å². The van der Waals surface area contributed by atoms with Gasteiger partial charge in [-0.05, 0) is 49.9 Å². The van der Waals surface area contributed by atoms with Gasteiger partial charge >= 0.3 is 0 Å². The third-order valence-electron chi connectivity index (χ3n) is 4.26. The average Bonchev–Trinajstić information content (AvgIpc) is 2.48. The van der Waals surface area contributed by atoms with Crippen molar-refractivity contribution in [2.45, 2.75) is 57.6 Å². The highest BCUT2D eigenvalue weighted by atomic mass is 16.5. The summed E-state index contributed by atoms with van der Waals surface area (Å²) >= 11 is 0. The van der Waals surface area contributed by atoms with Crippen molar-refractivity contribution in [1.82, 2.24) is 5.32 Å². The van der Waals surface area contributed by atoms with Crippen LogP contribution in [0.3, 0.4) is 0 Å². The predicted molar refractivity (Wildman–Crippen MR) is 82.2 cm³/mol. The molecule has 0 heterocycles. The second kappa shape index (κ2) is 7.09. The Labute approximate surface area is 122 Å². The van der Waals surface area contributed by atoms with Gasteiger partial charge in [-0.3, -0.25) is 0 Å². The Kier molecular flexibility index (Phi) is 5.44. The Hall–Kier alpha value is -1.06. The lowest BCUT2D eigenvalue weighted by Crippen LogP contribution is -2.53. The molecule has 0 aromatic heterocycles. The van der Waals surface area contributed by atoms with Crippen molar-refractivity contribution in [1.29, 1.82) is 0 Å². The number of hydrogen-bond donors (Lipinski definition) is 2. The van der Waals surface area contributed by atoms with Crippen LogP contribution in [0.4, 0.5) is 0 Å². The van der Waals surface area contributed by atoms with E-state index in [1.807, 2.05) is 6.07 Å². The molecule has 0 bridgehead atoms. The van der Waals surface area contributed by atoms with E-state index >= 15 is 0 Å². The molecule has 0 radical (unpaired) electrons. The molecular formula is C17H27NO2. The number of likely N-dealkylation sites (N-methyl/N-ethyl adjacent to an activating group) is 1. The van der Waals surface area contributed by atoms with Gasteiger partial charge in [0.05, 0.1) is 6.61 Å². The first-order valence-corrected chi connectivity index (χ1v) is 7.83. The molecule has 112 valence electrons. The van der Waals surface area contributed by atoms with E-state index in [0.29, 0.717) is 0 Å². The number of benzene rings is 1. The second-order valence-corrected chi connectivity index (χ2v) is 5.81. The van der Waals surface area contributed by atoms with E-state index in [1.165, 1.54) is 5.56 Å². The van der Waals surface area contributed by atoms with Gasteiger partial charge in [0.1, 0.15) is 11.9 Å². The minimum atomic E-state index is -0.153. The van der Waals surface area contributed by atoms with E-state index in [2.05, 4.69) is 37.4 Å². The van der Waals surface area contributed by atoms with E-state index in [4.69, 9.17) is 4.74 Å². The van der Waals surface area contributed by atoms with Gasteiger partial charge in [-0.25, -0.2) is 0 Å². The maximum atomic E-state index is 9.72. The Balaban J connectivity index is 2.01. The molecule has 0 amide bonds. The van der Waals surface area contributed by atoms with Crippen molar-refractivity contribution in [3.05, 3.63) is 29.8 Å². The molecule has 2 N–H and O–H groups in total. The van der Waals surface area contributed by atoms with Crippen LogP contribution >= 0.6 is 0 Å². The van der Waals surface area contributed by atoms with Gasteiger partial charge in [0.2, 0.25) is 0 Å². The van der Waals surface area contributed by atoms with Gasteiger partial charge in [-0.1, -0.05) is 26.0 Å². The monoisotopic (exact) mass is 277 g/mol. The third-order valence-corrected chi connectivity index (χ3v) is 4.26. The summed E-state index contributed by atoms with van der Waals surface area (Å²) in [7, 11) is 0. The predicted octanol–water partition coefficient (Wildman–Crippen LogP) is 2.91. The molecule has 0 saturated heterocycles. The zero-order chi connectivity index (χ0) is 14.4. The molecule has 1 aliphatic rings. The fourth-order valence-corrected chi connectivity index (χ4v) is 3.17. The second-order valence-electron chi connectivity index (χ2n) is 5.81. The number of hydrogen-bond acceptors (Lipinski definition) is 3. The maximum absolute atomic E-state index is 9.72. The Morgan fingerprint density at radius 3 is 2.95 bits per heavy atom. The van der Waals surface area contributed by atoms with Crippen molar-refractivity contribution in [2.24, 2.45) is 0 Å². The van der Waals surface area contributed by atoms with Crippen LogP contribution in [-0.4, -0.2) is 29.9 Å². The molecule has 1 aliphatic carbocycles. The minimum absolute atomic E-state index is 0.153. The van der Waals surface area contributed by atoms with E-state index in [-0.39, 0.29) is 18.2 Å². The lowest BCUT2D eigenvalue weighted by atomic mass is 9.80. The topological polar surface area (TPSA) is 41.5 Å². The maximum Gasteiger partial charge on any atom is 0.119 e. The summed E-state index contributed by atoms with van der Waals surface area (Å²) in [4.78, 5) is 0. The highest BCUT2D eigenvalue weighted by molar-refractivity contribution is 5.28. The number of rotatable bonds is 6. The molecule has 1 aromatic carbocycles. The largest absolute Gasteiger partial charge is 0.490 e. The van der Waals surface area contributed by atoms with Gasteiger partial charge in [-0.15, -0.1) is 0 Å². The van der Waals surface area contributed by atoms with Crippen LogP contribution < -0.4 is 10.1 Å². The Morgan fingerprint density at radius 2 is 2.25 bits per heavy atom. The smallest absolute Gasteiger partial charge is 0.119 e. The molecule has 0 aliphatic heterocycles. The molecule has 2 atom stereocenters. The lowest BCUT2D eigenvalue weighted by molar-refractivity contribution is 0.0520. The molecule has 2 rings (SSSR count). The quantitative estimate of drug-likeness (QED) is 0.840. The van der Waals surface area contributed by atoms with Crippen LogP contribution in [0.2, 0.25) is 0 Å². The standard InChI is InChI=1S/C17H27NO2/c1-3-14-7-5-8-15(11-14)20-16-9-6-10-17(12-16,13-19)18-4-2/h5,7-8,11,16,18-19H,3-4,6,9-10,12-13H2,1-2H3. The van der Waals surface area contributed by atoms with Crippen LogP contribution in [0.15, 0.2) is 24.3 Å². The molecule has 3 nitrogen and oxygen atoms in total. The van der Waals surface area contributed by atoms with Crippen LogP contribution in [0, 0.1) is 0 Å². The summed E-state index contributed by atoms with van der Waals surface area (Å²) in [6.45, 7) is 5.32. The number of aryl methyl sites for hydroxylation is 1. The van der Waals surface area contributed by atoms with E-state index in [1.54, 1.807) is 0 Å². The molecule has 2 unspecified atom stereocenters. The van der Waals surface area contributed by atoms with Crippen LogP contribution in [0.5, 0.6) is 5.75 Å². The van der Waals surface area contributed by atoms with Crippen molar-refractivity contribution in [2.75, 3.05) is 13.2 Å². The molecule has 1 saturated carbocycles. The summed E-state index contributed by atoms with van der Waals surface area (Å²) in [5.74, 6) is 0.958. The summed E-state index contributed by atoms with van der Waals surface area (Å²) in [5, 5.41) is 13.2. The molecule has 1 aromatic rings. The first kappa shape index (κ1) is 15.3. The summed E-state index contributed by atoms with van der Waals surface area (Å²) in [6, 6.07) is 8.34. The number of nitrogens with one attached hydrogen (secondary N) is 1. The summed E-state index contributed by atoms with van der Waals surface area (Å²) in [6.07, 6.45) is 5.32. The van der Waals surface area contributed by atoms with Crippen molar-refractivity contribution in [3.63, 3.8) is 0 Å². The number of aliphatic hydroxyl groups is 1. The first-order valence-electron chi connectivity index (χ1n) is 7.83. The van der Waals surface area contributed by atoms with Crippen LogP contribution in [-0.2, 0) is 6.42 Å². The highest BCUT2D eigenvalue weighted by Crippen LogP contribution is 2.31. The van der Waals surface area contributed by atoms with Crippen molar-refractivity contribution in [3.8, 4) is 5.75 Å². The fourth-order valence-electron chi connectivity index (χ4n) is 3.17. The summed E-state index contributed by atoms with van der Waals surface area (Å²) in [5.41, 5.74) is 1.15. The minimum Gasteiger partial charge on any atom is -0.490 e. The van der Waals surface area contributed by atoms with E-state index in [0.717, 1.165) is 44.4 Å². The molecule has 20 heavy (non-hydrogen) atoms. The van der Waals surface area contributed by atoms with Gasteiger partial charge in [0.15, 0.2) is 0 Å². The highest BCUT2D eigenvalue weighted by Gasteiger charge is 2.36. The van der Waals surface area contributed by atoms with Crippen LogP contribution in [0.25, 0.3) is 0 Å². The van der Waals surface area contributed by atoms with Gasteiger partial charge < -0.3 is 15.2 Å². The number of ether oxygens (including phenoxy) is 1. The molecule has 0 spiro atoms. The summed E-state index contributed by atoms with van der Waals surface area (Å²) < 4.78 is 6.15. The van der Waals surface area contributed by atoms with Crippen molar-refractivity contribution < 1.29 is 9.84 Å². The van der Waals surface area contributed by atoms with E-state index in [9.17, 15) is 5.11 Å². The molecule has 3 heteroatoms. The average molecular weight is 277 g/mol. The zero-order valence-corrected chi connectivity index (χ0v) is 12.7. The van der Waals surface area contributed by atoms with Gasteiger partial charge in [0.25, 0.3) is 0 Å². The van der Waals surface area contributed by atoms with Crippen LogP contribution in [0.1, 0.15) is 45.1 Å². The Morgan fingerprint density at radius 1 is 1.40 bits per heavy atom. The normalized spacial score (nSPS) is 26.4. The lowest BCUT2D eigenvalue weighted by Gasteiger charge is -2.40. The van der Waals surface area contributed by atoms with E-state index < -0.39 is 0 Å².